The van der Waals surface area contributed by atoms with E-state index in [1.54, 1.807) is 4.90 Å². The lowest BCUT2D eigenvalue weighted by molar-refractivity contribution is -0.151. The van der Waals surface area contributed by atoms with Gasteiger partial charge < -0.3 is 15.0 Å². The van der Waals surface area contributed by atoms with Gasteiger partial charge in [-0.2, -0.15) is 0 Å². The van der Waals surface area contributed by atoms with E-state index >= 15 is 0 Å². The number of carbonyl (C=O) groups is 3. The van der Waals surface area contributed by atoms with E-state index < -0.39 is 17.8 Å². The Balaban J connectivity index is 1.45. The van der Waals surface area contributed by atoms with Crippen LogP contribution in [0.4, 0.5) is 5.69 Å². The first-order chi connectivity index (χ1) is 13.9. The van der Waals surface area contributed by atoms with E-state index in [9.17, 15) is 14.4 Å². The normalized spacial score (nSPS) is 16.0. The van der Waals surface area contributed by atoms with Crippen LogP contribution in [0, 0.1) is 19.8 Å². The van der Waals surface area contributed by atoms with Gasteiger partial charge in [0, 0.05) is 25.2 Å². The smallest absolute Gasteiger partial charge is 0.311 e. The van der Waals surface area contributed by atoms with Gasteiger partial charge in [0.05, 0.1) is 5.92 Å². The van der Waals surface area contributed by atoms with Gasteiger partial charge in [-0.1, -0.05) is 42.5 Å². The van der Waals surface area contributed by atoms with Gasteiger partial charge in [0.1, 0.15) is 0 Å². The number of esters is 1. The lowest BCUT2D eigenvalue weighted by Gasteiger charge is -2.16. The number of nitrogens with one attached hydrogen (secondary N) is 1. The largest absolute Gasteiger partial charge is 0.455 e. The molecule has 1 atom stereocenters. The second kappa shape index (κ2) is 9.37. The molecule has 0 radical (unpaired) electrons. The van der Waals surface area contributed by atoms with Crippen LogP contribution in [0.2, 0.25) is 0 Å². The molecule has 3 rings (SSSR count). The number of hydrogen-bond acceptors (Lipinski definition) is 4. The first-order valence-corrected chi connectivity index (χ1v) is 9.78. The zero-order chi connectivity index (χ0) is 20.8. The molecular weight excluding hydrogens is 368 g/mol. The number of anilines is 1. The molecule has 1 N–H and O–H groups in total. The van der Waals surface area contributed by atoms with Gasteiger partial charge in [-0.05, 0) is 43.0 Å². The summed E-state index contributed by atoms with van der Waals surface area (Å²) >= 11 is 0. The molecule has 2 aromatic rings. The topological polar surface area (TPSA) is 75.7 Å². The summed E-state index contributed by atoms with van der Waals surface area (Å²) in [5.41, 5.74) is 3.89. The van der Waals surface area contributed by atoms with Crippen LogP contribution in [-0.2, 0) is 25.5 Å². The monoisotopic (exact) mass is 394 g/mol. The van der Waals surface area contributed by atoms with Crippen molar-refractivity contribution < 1.29 is 19.1 Å². The first-order valence-electron chi connectivity index (χ1n) is 9.78. The van der Waals surface area contributed by atoms with Crippen LogP contribution in [0.1, 0.15) is 23.1 Å². The maximum Gasteiger partial charge on any atom is 0.311 e. The number of amides is 2. The van der Waals surface area contributed by atoms with E-state index in [2.05, 4.69) is 5.32 Å². The van der Waals surface area contributed by atoms with E-state index in [4.69, 9.17) is 4.74 Å². The van der Waals surface area contributed by atoms with E-state index in [1.165, 1.54) is 0 Å². The molecule has 6 heteroatoms. The minimum atomic E-state index is -0.522. The predicted molar refractivity (Wildman–Crippen MR) is 110 cm³/mol. The third-order valence-corrected chi connectivity index (χ3v) is 5.29. The quantitative estimate of drug-likeness (QED) is 0.733. The Morgan fingerprint density at radius 1 is 1.10 bits per heavy atom. The number of rotatable bonds is 7. The highest BCUT2D eigenvalue weighted by Gasteiger charge is 2.35. The summed E-state index contributed by atoms with van der Waals surface area (Å²) in [7, 11) is 0. The van der Waals surface area contributed by atoms with Crippen molar-refractivity contribution in [3.8, 4) is 0 Å². The van der Waals surface area contributed by atoms with Crippen LogP contribution in [0.3, 0.4) is 0 Å². The minimum Gasteiger partial charge on any atom is -0.455 e. The molecule has 1 aliphatic heterocycles. The SMILES string of the molecule is Cc1cccc(NC(=O)COC(=O)[C@H]2CC(=O)N(CCc3ccccc3)C2)c1C. The van der Waals surface area contributed by atoms with Crippen molar-refractivity contribution in [1.29, 1.82) is 0 Å². The molecule has 29 heavy (non-hydrogen) atoms. The lowest BCUT2D eigenvalue weighted by atomic mass is 10.1. The molecule has 2 amide bonds. The third kappa shape index (κ3) is 5.44. The van der Waals surface area contributed by atoms with E-state index in [1.807, 2.05) is 62.4 Å². The van der Waals surface area contributed by atoms with Crippen LogP contribution in [-0.4, -0.2) is 42.4 Å². The number of likely N-dealkylation sites (tertiary alicyclic amines) is 1. The summed E-state index contributed by atoms with van der Waals surface area (Å²) < 4.78 is 5.16. The van der Waals surface area contributed by atoms with Crippen molar-refractivity contribution in [2.75, 3.05) is 25.0 Å². The summed E-state index contributed by atoms with van der Waals surface area (Å²) in [6, 6.07) is 15.5. The van der Waals surface area contributed by atoms with Gasteiger partial charge in [0.15, 0.2) is 6.61 Å². The summed E-state index contributed by atoms with van der Waals surface area (Å²) in [6.45, 7) is 4.43. The average molecular weight is 394 g/mol. The molecule has 0 unspecified atom stereocenters. The number of aryl methyl sites for hydroxylation is 1. The maximum atomic E-state index is 12.3. The first kappa shape index (κ1) is 20.6. The number of benzene rings is 2. The molecule has 0 saturated carbocycles. The Hall–Kier alpha value is -3.15. The Labute approximate surface area is 170 Å². The molecule has 1 saturated heterocycles. The molecule has 2 aromatic carbocycles. The fourth-order valence-corrected chi connectivity index (χ4v) is 3.38. The van der Waals surface area contributed by atoms with Gasteiger partial charge in [-0.15, -0.1) is 0 Å². The number of nitrogens with zero attached hydrogens (tertiary/aromatic N) is 1. The zero-order valence-corrected chi connectivity index (χ0v) is 16.8. The number of ether oxygens (including phenoxy) is 1. The van der Waals surface area contributed by atoms with Crippen molar-refractivity contribution in [3.63, 3.8) is 0 Å². The molecule has 1 aliphatic rings. The molecule has 1 heterocycles. The predicted octanol–water partition coefficient (Wildman–Crippen LogP) is 2.88. The van der Waals surface area contributed by atoms with Gasteiger partial charge in [0.25, 0.3) is 5.91 Å². The fraction of sp³-hybridized carbons (Fsp3) is 0.348. The third-order valence-electron chi connectivity index (χ3n) is 5.29. The molecule has 152 valence electrons. The van der Waals surface area contributed by atoms with Crippen LogP contribution >= 0.6 is 0 Å². The highest BCUT2D eigenvalue weighted by atomic mass is 16.5. The summed E-state index contributed by atoms with van der Waals surface area (Å²) in [5, 5.41) is 2.76. The number of carbonyl (C=O) groups excluding carboxylic acids is 3. The highest BCUT2D eigenvalue weighted by Crippen LogP contribution is 2.20. The van der Waals surface area contributed by atoms with Crippen LogP contribution in [0.15, 0.2) is 48.5 Å². The lowest BCUT2D eigenvalue weighted by Crippen LogP contribution is -2.29. The average Bonchev–Trinajstić information content (AvgIpc) is 3.09. The fourth-order valence-electron chi connectivity index (χ4n) is 3.38. The van der Waals surface area contributed by atoms with Crippen molar-refractivity contribution in [1.82, 2.24) is 4.90 Å². The molecule has 0 aromatic heterocycles. The molecule has 6 nitrogen and oxygen atoms in total. The summed E-state index contributed by atoms with van der Waals surface area (Å²) in [6.07, 6.45) is 0.874. The summed E-state index contributed by atoms with van der Waals surface area (Å²) in [5.74, 6) is -1.47. The van der Waals surface area contributed by atoms with Crippen molar-refractivity contribution in [2.45, 2.75) is 26.7 Å². The van der Waals surface area contributed by atoms with E-state index in [-0.39, 0.29) is 18.9 Å². The van der Waals surface area contributed by atoms with Crippen LogP contribution in [0.25, 0.3) is 0 Å². The zero-order valence-electron chi connectivity index (χ0n) is 16.8. The molecule has 0 bridgehead atoms. The Bertz CT molecular complexity index is 895. The molecule has 0 aliphatic carbocycles. The Morgan fingerprint density at radius 2 is 1.86 bits per heavy atom. The summed E-state index contributed by atoms with van der Waals surface area (Å²) in [4.78, 5) is 38.3. The van der Waals surface area contributed by atoms with Gasteiger partial charge in [-0.25, -0.2) is 0 Å². The van der Waals surface area contributed by atoms with Gasteiger partial charge in [-0.3, -0.25) is 14.4 Å². The highest BCUT2D eigenvalue weighted by molar-refractivity contribution is 5.94. The van der Waals surface area contributed by atoms with E-state index in [0.717, 1.165) is 23.1 Å². The van der Waals surface area contributed by atoms with Crippen molar-refractivity contribution in [2.24, 2.45) is 5.92 Å². The molecular formula is C23H26N2O4. The molecule has 0 spiro atoms. The van der Waals surface area contributed by atoms with Crippen molar-refractivity contribution >= 4 is 23.5 Å². The second-order valence-electron chi connectivity index (χ2n) is 7.38. The Morgan fingerprint density at radius 3 is 2.62 bits per heavy atom. The Kier molecular flexibility index (Phi) is 6.65. The molecule has 1 fully saturated rings. The second-order valence-corrected chi connectivity index (χ2v) is 7.38. The minimum absolute atomic E-state index is 0.0530. The van der Waals surface area contributed by atoms with Crippen LogP contribution < -0.4 is 5.32 Å². The van der Waals surface area contributed by atoms with E-state index in [0.29, 0.717) is 18.8 Å². The maximum absolute atomic E-state index is 12.3. The van der Waals surface area contributed by atoms with Crippen LogP contribution in [0.5, 0.6) is 0 Å². The van der Waals surface area contributed by atoms with Gasteiger partial charge in [0.2, 0.25) is 5.91 Å². The number of hydrogen-bond donors (Lipinski definition) is 1. The van der Waals surface area contributed by atoms with Gasteiger partial charge >= 0.3 is 5.97 Å². The van der Waals surface area contributed by atoms with Crippen molar-refractivity contribution in [3.05, 3.63) is 65.2 Å². The standard InChI is InChI=1S/C23H26N2O4/c1-16-7-6-10-20(17(16)2)24-21(26)15-29-23(28)19-13-22(27)25(14-19)12-11-18-8-4-3-5-9-18/h3-10,19H,11-15H2,1-2H3,(H,24,26)/t19-/m0/s1.